The van der Waals surface area contributed by atoms with Gasteiger partial charge < -0.3 is 15.4 Å². The molecule has 218 valence electrons. The summed E-state index contributed by atoms with van der Waals surface area (Å²) in [5, 5.41) is 10.6. The molecule has 2 N–H and O–H groups in total. The molecule has 2 bridgehead atoms. The Morgan fingerprint density at radius 3 is 2.30 bits per heavy atom. The topological polar surface area (TPSA) is 97.6 Å². The predicted octanol–water partition coefficient (Wildman–Crippen LogP) is 5.97. The second-order valence-corrected chi connectivity index (χ2v) is 13.8. The van der Waals surface area contributed by atoms with E-state index in [2.05, 4.69) is 15.7 Å². The highest BCUT2D eigenvalue weighted by molar-refractivity contribution is 5.78. The molecule has 0 aliphatic heterocycles. The Morgan fingerprint density at radius 1 is 1.05 bits per heavy atom. The third-order valence-electron chi connectivity index (χ3n) is 8.96. The van der Waals surface area contributed by atoms with Gasteiger partial charge in [0, 0.05) is 19.3 Å². The van der Waals surface area contributed by atoms with Gasteiger partial charge in [0.1, 0.15) is 11.3 Å². The van der Waals surface area contributed by atoms with Crippen LogP contribution in [0.3, 0.4) is 0 Å². The third-order valence-corrected chi connectivity index (χ3v) is 8.96. The maximum absolute atomic E-state index is 13.9. The van der Waals surface area contributed by atoms with E-state index in [1.165, 1.54) is 0 Å². The maximum Gasteiger partial charge on any atom is 0.408 e. The first-order chi connectivity index (χ1) is 18.7. The lowest BCUT2D eigenvalue weighted by atomic mass is 9.41. The SMILES string of the molecule is CC(C)(C)OC(=O)N[C@H](c1cn2ncc([C@H](NC(=O)CC34CC(F)(C3)C4)C3CC3)cc2n1)C1CCC(F)(F)CC1. The Balaban J connectivity index is 1.21. The van der Waals surface area contributed by atoms with Gasteiger partial charge in [-0.25, -0.2) is 27.5 Å². The molecule has 2 heterocycles. The van der Waals surface area contributed by atoms with Crippen molar-refractivity contribution in [3.63, 3.8) is 0 Å². The Labute approximate surface area is 231 Å². The van der Waals surface area contributed by atoms with Crippen LogP contribution in [0.4, 0.5) is 18.0 Å². The standard InChI is InChI=1S/C29H38F3N5O3/c1-26(2,3)40-25(39)36-24(18-6-8-29(31,32)9-7-18)20-13-37-21(34-20)10-19(12-33-37)23(17-4-5-17)35-22(38)11-27-14-28(30,15-27)16-27/h10,12-13,17-18,23-24H,4-9,11,14-16H2,1-3H3,(H,35,38)(H,36,39)/t23-,24+,27?,28?/m1/s1. The van der Waals surface area contributed by atoms with Crippen LogP contribution in [-0.4, -0.2) is 43.8 Å². The van der Waals surface area contributed by atoms with Gasteiger partial charge in [-0.1, -0.05) is 0 Å². The number of hydrogen-bond acceptors (Lipinski definition) is 5. The highest BCUT2D eigenvalue weighted by atomic mass is 19.3. The molecule has 2 aromatic heterocycles. The van der Waals surface area contributed by atoms with E-state index < -0.39 is 29.3 Å². The Hall–Kier alpha value is -2.85. The molecule has 11 heteroatoms. The number of imidazole rings is 1. The van der Waals surface area contributed by atoms with Gasteiger partial charge in [0.15, 0.2) is 5.65 Å². The molecule has 2 aromatic rings. The van der Waals surface area contributed by atoms with Crippen molar-refractivity contribution in [3.8, 4) is 0 Å². The number of nitrogens with zero attached hydrogens (tertiary/aromatic N) is 3. The van der Waals surface area contributed by atoms with Gasteiger partial charge in [-0.2, -0.15) is 5.10 Å². The molecule has 0 aromatic carbocycles. The molecule has 2 atom stereocenters. The van der Waals surface area contributed by atoms with Crippen molar-refractivity contribution in [1.29, 1.82) is 0 Å². The van der Waals surface area contributed by atoms with E-state index in [4.69, 9.17) is 9.72 Å². The van der Waals surface area contributed by atoms with Crippen molar-refractivity contribution in [2.45, 2.75) is 114 Å². The highest BCUT2D eigenvalue weighted by Crippen LogP contribution is 2.71. The fourth-order valence-electron chi connectivity index (χ4n) is 7.01. The van der Waals surface area contributed by atoms with Gasteiger partial charge >= 0.3 is 6.09 Å². The van der Waals surface area contributed by atoms with Crippen LogP contribution in [0.25, 0.3) is 5.65 Å². The van der Waals surface area contributed by atoms with E-state index in [-0.39, 0.29) is 49.0 Å². The molecule has 7 rings (SSSR count). The molecule has 0 unspecified atom stereocenters. The lowest BCUT2D eigenvalue weighted by Gasteiger charge is -2.65. The summed E-state index contributed by atoms with van der Waals surface area (Å²) in [5.74, 6) is -2.67. The normalized spacial score (nSPS) is 29.1. The molecule has 5 aliphatic rings. The lowest BCUT2D eigenvalue weighted by molar-refractivity contribution is -0.215. The largest absolute Gasteiger partial charge is 0.444 e. The molecular weight excluding hydrogens is 523 g/mol. The monoisotopic (exact) mass is 561 g/mol. The van der Waals surface area contributed by atoms with Crippen molar-refractivity contribution < 1.29 is 27.5 Å². The zero-order valence-electron chi connectivity index (χ0n) is 23.3. The average Bonchev–Trinajstić information content (AvgIpc) is 3.56. The van der Waals surface area contributed by atoms with Gasteiger partial charge in [0.2, 0.25) is 11.8 Å². The molecule has 2 amide bonds. The summed E-state index contributed by atoms with van der Waals surface area (Å²) in [6.45, 7) is 5.29. The van der Waals surface area contributed by atoms with Crippen molar-refractivity contribution in [2.75, 3.05) is 0 Å². The first kappa shape index (κ1) is 27.3. The quantitative estimate of drug-likeness (QED) is 0.414. The van der Waals surface area contributed by atoms with Crippen LogP contribution in [0.5, 0.6) is 0 Å². The van der Waals surface area contributed by atoms with Crippen LogP contribution in [-0.2, 0) is 9.53 Å². The number of alkyl halides is 3. The van der Waals surface area contributed by atoms with Crippen LogP contribution in [0.15, 0.2) is 18.5 Å². The lowest BCUT2D eigenvalue weighted by Crippen LogP contribution is -2.65. The Bertz CT molecular complexity index is 1290. The Morgan fingerprint density at radius 2 is 1.70 bits per heavy atom. The van der Waals surface area contributed by atoms with Crippen LogP contribution in [0.2, 0.25) is 0 Å². The number of halogens is 3. The molecule has 5 aliphatic carbocycles. The number of ether oxygens (including phenoxy) is 1. The van der Waals surface area contributed by atoms with E-state index in [0.29, 0.717) is 42.9 Å². The number of amides is 2. The number of aromatic nitrogens is 3. The van der Waals surface area contributed by atoms with Gasteiger partial charge in [0.05, 0.1) is 30.2 Å². The fraction of sp³-hybridized carbons (Fsp3) is 0.724. The van der Waals surface area contributed by atoms with E-state index in [9.17, 15) is 22.8 Å². The van der Waals surface area contributed by atoms with Crippen molar-refractivity contribution in [1.82, 2.24) is 25.2 Å². The summed E-state index contributed by atoms with van der Waals surface area (Å²) < 4.78 is 48.8. The third kappa shape index (κ3) is 5.65. The van der Waals surface area contributed by atoms with E-state index in [1.54, 1.807) is 37.7 Å². The fourth-order valence-corrected chi connectivity index (χ4v) is 7.01. The number of carbonyl (C=O) groups is 2. The van der Waals surface area contributed by atoms with Gasteiger partial charge in [0.25, 0.3) is 0 Å². The number of rotatable bonds is 8. The van der Waals surface area contributed by atoms with Crippen LogP contribution in [0, 0.1) is 17.3 Å². The number of fused-ring (bicyclic) bond motifs is 1. The van der Waals surface area contributed by atoms with E-state index in [1.807, 2.05) is 6.07 Å². The summed E-state index contributed by atoms with van der Waals surface area (Å²) in [6, 6.07) is 1.08. The number of carbonyl (C=O) groups excluding carboxylic acids is 2. The minimum Gasteiger partial charge on any atom is -0.444 e. The predicted molar refractivity (Wildman–Crippen MR) is 140 cm³/mol. The van der Waals surface area contributed by atoms with Crippen LogP contribution >= 0.6 is 0 Å². The number of alkyl carbamates (subject to hydrolysis) is 1. The van der Waals surface area contributed by atoms with Gasteiger partial charge in [-0.3, -0.25) is 4.79 Å². The molecule has 8 nitrogen and oxygen atoms in total. The van der Waals surface area contributed by atoms with Crippen molar-refractivity contribution >= 4 is 17.6 Å². The number of nitrogens with one attached hydrogen (secondary N) is 2. The molecule has 0 radical (unpaired) electrons. The average molecular weight is 562 g/mol. The minimum absolute atomic E-state index is 0.0571. The molecule has 0 spiro atoms. The molecule has 0 saturated heterocycles. The van der Waals surface area contributed by atoms with Crippen molar-refractivity contribution in [3.05, 3.63) is 29.7 Å². The summed E-state index contributed by atoms with van der Waals surface area (Å²) in [4.78, 5) is 30.4. The van der Waals surface area contributed by atoms with Gasteiger partial charge in [-0.15, -0.1) is 0 Å². The summed E-state index contributed by atoms with van der Waals surface area (Å²) >= 11 is 0. The molecule has 5 saturated carbocycles. The van der Waals surface area contributed by atoms with E-state index >= 15 is 0 Å². The summed E-state index contributed by atoms with van der Waals surface area (Å²) in [6.07, 6.45) is 6.66. The highest BCUT2D eigenvalue weighted by Gasteiger charge is 2.69. The molecular formula is C29H38F3N5O3. The first-order valence-electron chi connectivity index (χ1n) is 14.4. The smallest absolute Gasteiger partial charge is 0.408 e. The summed E-state index contributed by atoms with van der Waals surface area (Å²) in [7, 11) is 0. The Kier molecular flexibility index (Phi) is 6.38. The molecule has 5 fully saturated rings. The second-order valence-electron chi connectivity index (χ2n) is 13.8. The summed E-state index contributed by atoms with van der Waals surface area (Å²) in [5.41, 5.74) is 0.0151. The molecule has 40 heavy (non-hydrogen) atoms. The maximum atomic E-state index is 13.9. The van der Waals surface area contributed by atoms with E-state index in [0.717, 1.165) is 18.4 Å². The van der Waals surface area contributed by atoms with Crippen LogP contribution in [0.1, 0.15) is 108 Å². The zero-order chi connectivity index (χ0) is 28.5. The minimum atomic E-state index is -2.70. The van der Waals surface area contributed by atoms with Crippen molar-refractivity contribution in [2.24, 2.45) is 17.3 Å². The zero-order valence-corrected chi connectivity index (χ0v) is 23.3. The first-order valence-corrected chi connectivity index (χ1v) is 14.4. The number of hydrogen-bond donors (Lipinski definition) is 2. The van der Waals surface area contributed by atoms with Crippen LogP contribution < -0.4 is 10.6 Å². The second kappa shape index (κ2) is 9.34. The van der Waals surface area contributed by atoms with Gasteiger partial charge in [-0.05, 0) is 94.6 Å².